The van der Waals surface area contributed by atoms with Crippen LogP contribution in [0.5, 0.6) is 5.75 Å². The summed E-state index contributed by atoms with van der Waals surface area (Å²) in [7, 11) is 1.69. The molecule has 2 aliphatic carbocycles. The molecule has 3 heterocycles. The Labute approximate surface area is 286 Å². The van der Waals surface area contributed by atoms with E-state index in [4.69, 9.17) is 14.5 Å². The number of pyridine rings is 1. The van der Waals surface area contributed by atoms with E-state index in [-0.39, 0.29) is 30.1 Å². The highest BCUT2D eigenvalue weighted by Crippen LogP contribution is 2.38. The molecule has 0 spiro atoms. The largest absolute Gasteiger partial charge is 0.495 e. The number of hydrogen-bond acceptors (Lipinski definition) is 6. The molecule has 3 aliphatic rings. The van der Waals surface area contributed by atoms with Gasteiger partial charge in [-0.1, -0.05) is 19.1 Å². The first-order chi connectivity index (χ1) is 23.2. The number of benzene rings is 1. The quantitative estimate of drug-likeness (QED) is 0.219. The van der Waals surface area contributed by atoms with Gasteiger partial charge in [0.2, 0.25) is 5.91 Å². The van der Waals surface area contributed by atoms with Crippen LogP contribution in [0.2, 0.25) is 0 Å². The Morgan fingerprint density at radius 3 is 2.35 bits per heavy atom. The van der Waals surface area contributed by atoms with Crippen LogP contribution >= 0.6 is 0 Å². The predicted octanol–water partition coefficient (Wildman–Crippen LogP) is 8.19. The van der Waals surface area contributed by atoms with Crippen molar-refractivity contribution in [2.45, 2.75) is 104 Å². The third-order valence-corrected chi connectivity index (χ3v) is 11.0. The first-order valence-corrected chi connectivity index (χ1v) is 18.1. The van der Waals surface area contributed by atoms with Crippen molar-refractivity contribution in [3.63, 3.8) is 0 Å². The zero-order valence-electron chi connectivity index (χ0n) is 29.4. The number of aryl methyl sites for hydroxylation is 1. The summed E-state index contributed by atoms with van der Waals surface area (Å²) in [4.78, 5) is 35.8. The summed E-state index contributed by atoms with van der Waals surface area (Å²) in [5.41, 5.74) is 5.14. The smallest absolute Gasteiger partial charge is 0.410 e. The summed E-state index contributed by atoms with van der Waals surface area (Å²) in [5.74, 6) is 2.38. The third kappa shape index (κ3) is 7.71. The van der Waals surface area contributed by atoms with E-state index in [1.165, 1.54) is 0 Å². The Morgan fingerprint density at radius 1 is 0.958 bits per heavy atom. The van der Waals surface area contributed by atoms with Gasteiger partial charge in [0.05, 0.1) is 19.0 Å². The normalized spacial score (nSPS) is 23.1. The summed E-state index contributed by atoms with van der Waals surface area (Å²) in [6.45, 7) is 10.7. The van der Waals surface area contributed by atoms with Crippen molar-refractivity contribution in [1.82, 2.24) is 19.7 Å². The van der Waals surface area contributed by atoms with E-state index in [1.807, 2.05) is 28.8 Å². The lowest BCUT2D eigenvalue weighted by atomic mass is 9.79. The van der Waals surface area contributed by atoms with Gasteiger partial charge < -0.3 is 19.3 Å². The zero-order chi connectivity index (χ0) is 33.8. The first kappa shape index (κ1) is 34.0. The van der Waals surface area contributed by atoms with E-state index < -0.39 is 0 Å². The number of rotatable bonds is 10. The number of hydrogen-bond donors (Lipinski definition) is 0. The standard InChI is InChI=1S/C39H53N5O4/c1-6-28-22-42(23-28)39(46)48-35-16-14-31(15-17-35)38(45)43(34-9-7-8-32(20-34)33-21-40-44(25-33)26(2)3)24-29-10-12-30(13-11-29)36-18-19-37(47-5)27(4)41-36/h7-9,18-21,25-26,28-31,35H,6,10-17,22-24H2,1-5H3/t29-,30-,31-,35-. The van der Waals surface area contributed by atoms with Crippen LogP contribution < -0.4 is 9.64 Å². The van der Waals surface area contributed by atoms with Gasteiger partial charge in [0.25, 0.3) is 0 Å². The Hall–Kier alpha value is -3.88. The molecule has 3 fully saturated rings. The van der Waals surface area contributed by atoms with Gasteiger partial charge in [-0.15, -0.1) is 0 Å². The summed E-state index contributed by atoms with van der Waals surface area (Å²) in [6, 6.07) is 12.8. The summed E-state index contributed by atoms with van der Waals surface area (Å²) >= 11 is 0. The third-order valence-electron chi connectivity index (χ3n) is 11.0. The SMILES string of the molecule is CCC1CN(C(=O)O[C@H]2CC[C@H](C(=O)N(C[C@H]3CC[C@H](c4ccc(OC)c(C)n4)CC3)c3cccc(-c4cnn(C(C)C)c4)c3)CC2)C1. The van der Waals surface area contributed by atoms with Gasteiger partial charge in [0.15, 0.2) is 0 Å². The Morgan fingerprint density at radius 2 is 1.71 bits per heavy atom. The molecule has 0 bridgehead atoms. The molecule has 2 amide bonds. The Kier molecular flexibility index (Phi) is 10.7. The maximum Gasteiger partial charge on any atom is 0.410 e. The van der Waals surface area contributed by atoms with Gasteiger partial charge in [0.1, 0.15) is 11.9 Å². The summed E-state index contributed by atoms with van der Waals surface area (Å²) < 4.78 is 13.3. The van der Waals surface area contributed by atoms with Crippen LogP contribution in [0.15, 0.2) is 48.8 Å². The van der Waals surface area contributed by atoms with Crippen molar-refractivity contribution < 1.29 is 19.1 Å². The van der Waals surface area contributed by atoms with Gasteiger partial charge in [-0.2, -0.15) is 5.10 Å². The maximum atomic E-state index is 14.4. The average Bonchev–Trinajstić information content (AvgIpc) is 3.58. The first-order valence-electron chi connectivity index (χ1n) is 18.1. The van der Waals surface area contributed by atoms with Gasteiger partial charge in [-0.25, -0.2) is 4.79 Å². The fourth-order valence-corrected chi connectivity index (χ4v) is 7.70. The number of carbonyl (C=O) groups is 2. The molecule has 3 aromatic rings. The van der Waals surface area contributed by atoms with Crippen LogP contribution in [0.3, 0.4) is 0 Å². The summed E-state index contributed by atoms with van der Waals surface area (Å²) in [5, 5.41) is 4.56. The minimum atomic E-state index is -0.190. The molecule has 0 radical (unpaired) electrons. The molecule has 9 heteroatoms. The number of likely N-dealkylation sites (tertiary alicyclic amines) is 1. The highest BCUT2D eigenvalue weighted by Gasteiger charge is 2.36. The molecule has 258 valence electrons. The highest BCUT2D eigenvalue weighted by molar-refractivity contribution is 5.95. The molecule has 2 aromatic heterocycles. The number of anilines is 1. The monoisotopic (exact) mass is 655 g/mol. The minimum absolute atomic E-state index is 0.0800. The molecule has 0 atom stereocenters. The molecular formula is C39H53N5O4. The lowest BCUT2D eigenvalue weighted by Gasteiger charge is -2.39. The maximum absolute atomic E-state index is 14.4. The van der Waals surface area contributed by atoms with E-state index >= 15 is 0 Å². The van der Waals surface area contributed by atoms with Gasteiger partial charge >= 0.3 is 6.09 Å². The molecule has 6 rings (SSSR count). The molecular weight excluding hydrogens is 602 g/mol. The zero-order valence-corrected chi connectivity index (χ0v) is 29.4. The Bertz CT molecular complexity index is 1550. The lowest BCUT2D eigenvalue weighted by molar-refractivity contribution is -0.124. The second-order valence-corrected chi connectivity index (χ2v) is 14.6. The lowest BCUT2D eigenvalue weighted by Crippen LogP contribution is -2.50. The van der Waals surface area contributed by atoms with E-state index in [0.717, 1.165) is 105 Å². The number of carbonyl (C=O) groups excluding carboxylic acids is 2. The van der Waals surface area contributed by atoms with Crippen LogP contribution in [-0.2, 0) is 9.53 Å². The van der Waals surface area contributed by atoms with E-state index in [9.17, 15) is 9.59 Å². The fraction of sp³-hybridized carbons (Fsp3) is 0.590. The minimum Gasteiger partial charge on any atom is -0.495 e. The second-order valence-electron chi connectivity index (χ2n) is 14.6. The van der Waals surface area contributed by atoms with E-state index in [0.29, 0.717) is 24.3 Å². The Balaban J connectivity index is 1.14. The highest BCUT2D eigenvalue weighted by atomic mass is 16.6. The van der Waals surface area contributed by atoms with Crippen molar-refractivity contribution in [3.8, 4) is 16.9 Å². The molecule has 2 saturated carbocycles. The van der Waals surface area contributed by atoms with Crippen LogP contribution in [0.1, 0.15) is 102 Å². The molecule has 0 unspecified atom stereocenters. The summed E-state index contributed by atoms with van der Waals surface area (Å²) in [6.07, 6.45) is 12.0. The topological polar surface area (TPSA) is 89.8 Å². The van der Waals surface area contributed by atoms with E-state index in [2.05, 4.69) is 67.3 Å². The number of ether oxygens (including phenoxy) is 2. The van der Waals surface area contributed by atoms with Crippen LogP contribution in [0, 0.1) is 24.7 Å². The van der Waals surface area contributed by atoms with Crippen molar-refractivity contribution in [3.05, 3.63) is 60.2 Å². The molecule has 9 nitrogen and oxygen atoms in total. The number of nitrogens with zero attached hydrogens (tertiary/aromatic N) is 5. The fourth-order valence-electron chi connectivity index (χ4n) is 7.70. The van der Waals surface area contributed by atoms with Crippen LogP contribution in [0.25, 0.3) is 11.1 Å². The van der Waals surface area contributed by atoms with E-state index in [1.54, 1.807) is 7.11 Å². The van der Waals surface area contributed by atoms with Gasteiger partial charge in [-0.05, 0) is 120 Å². The molecule has 1 aliphatic heterocycles. The number of amides is 2. The van der Waals surface area contributed by atoms with Crippen molar-refractivity contribution in [1.29, 1.82) is 0 Å². The second kappa shape index (κ2) is 15.1. The molecule has 1 saturated heterocycles. The van der Waals surface area contributed by atoms with Gasteiger partial charge in [0, 0.05) is 60.7 Å². The van der Waals surface area contributed by atoms with Crippen LogP contribution in [-0.4, -0.2) is 64.5 Å². The molecule has 0 N–H and O–H groups in total. The van der Waals surface area contributed by atoms with Crippen molar-refractivity contribution in [2.24, 2.45) is 17.8 Å². The average molecular weight is 656 g/mol. The molecule has 1 aromatic carbocycles. The predicted molar refractivity (Wildman–Crippen MR) is 188 cm³/mol. The van der Waals surface area contributed by atoms with Crippen molar-refractivity contribution >= 4 is 17.7 Å². The van der Waals surface area contributed by atoms with Crippen LogP contribution in [0.4, 0.5) is 10.5 Å². The molecule has 48 heavy (non-hydrogen) atoms. The number of aromatic nitrogens is 3. The van der Waals surface area contributed by atoms with Gasteiger partial charge in [-0.3, -0.25) is 14.5 Å². The number of methoxy groups -OCH3 is 1. The van der Waals surface area contributed by atoms with Crippen molar-refractivity contribution in [2.75, 3.05) is 31.6 Å².